The van der Waals surface area contributed by atoms with Crippen LogP contribution in [-0.2, 0) is 19.5 Å². The lowest BCUT2D eigenvalue weighted by molar-refractivity contribution is 0.580. The fourth-order valence-corrected chi connectivity index (χ4v) is 1.67. The van der Waals surface area contributed by atoms with Gasteiger partial charge in [-0.25, -0.2) is 0 Å². The van der Waals surface area contributed by atoms with E-state index in [1.165, 1.54) is 11.4 Å². The topological polar surface area (TPSA) is 29.9 Å². The minimum atomic E-state index is 0.915. The van der Waals surface area contributed by atoms with Crippen LogP contribution in [0.5, 0.6) is 0 Å². The first-order valence-corrected chi connectivity index (χ1v) is 6.19. The molecule has 0 saturated carbocycles. The van der Waals surface area contributed by atoms with E-state index in [9.17, 15) is 0 Å². The number of nitrogens with one attached hydrogen (secondary N) is 1. The Morgan fingerprint density at radius 1 is 1.44 bits per heavy atom. The fourth-order valence-electron chi connectivity index (χ4n) is 1.67. The predicted molar refractivity (Wildman–Crippen MR) is 68.4 cm³/mol. The van der Waals surface area contributed by atoms with Gasteiger partial charge in [0.25, 0.3) is 0 Å². The van der Waals surface area contributed by atoms with E-state index in [-0.39, 0.29) is 0 Å². The maximum absolute atomic E-state index is 4.52. The molecule has 0 bridgehead atoms. The summed E-state index contributed by atoms with van der Waals surface area (Å²) in [5.74, 6) is 0. The average molecular weight is 221 g/mol. The summed E-state index contributed by atoms with van der Waals surface area (Å²) in [6.07, 6.45) is 6.38. The van der Waals surface area contributed by atoms with Crippen LogP contribution in [0.25, 0.3) is 0 Å². The quantitative estimate of drug-likeness (QED) is 0.566. The van der Waals surface area contributed by atoms with Gasteiger partial charge in [-0.15, -0.1) is 0 Å². The standard InChI is InChI=1S/C13H23N3/c1-4-7-8-9-14-11-13-10-12(5-2)15-16(13)6-3/h4,7,10,14H,5-6,8-9,11H2,1-3H3/b7-4+. The number of hydrogen-bond acceptors (Lipinski definition) is 2. The third kappa shape index (κ3) is 3.81. The molecule has 3 heteroatoms. The van der Waals surface area contributed by atoms with Gasteiger partial charge in [0.2, 0.25) is 0 Å². The van der Waals surface area contributed by atoms with Crippen molar-refractivity contribution in [2.45, 2.75) is 46.7 Å². The third-order valence-electron chi connectivity index (χ3n) is 2.61. The van der Waals surface area contributed by atoms with Crippen molar-refractivity contribution >= 4 is 0 Å². The Balaban J connectivity index is 2.42. The highest BCUT2D eigenvalue weighted by molar-refractivity contribution is 5.10. The fraction of sp³-hybridized carbons (Fsp3) is 0.615. The molecular weight excluding hydrogens is 198 g/mol. The Kier molecular flexibility index (Phi) is 5.86. The van der Waals surface area contributed by atoms with Crippen molar-refractivity contribution in [3.63, 3.8) is 0 Å². The largest absolute Gasteiger partial charge is 0.311 e. The first kappa shape index (κ1) is 13.0. The molecule has 0 aliphatic carbocycles. The van der Waals surface area contributed by atoms with Crippen molar-refractivity contribution in [2.75, 3.05) is 6.54 Å². The highest BCUT2D eigenvalue weighted by Gasteiger charge is 2.04. The highest BCUT2D eigenvalue weighted by atomic mass is 15.3. The second-order valence-corrected chi connectivity index (χ2v) is 3.83. The number of aromatic nitrogens is 2. The molecule has 16 heavy (non-hydrogen) atoms. The molecule has 1 aromatic heterocycles. The molecule has 0 atom stereocenters. The molecule has 0 saturated heterocycles. The zero-order valence-electron chi connectivity index (χ0n) is 10.7. The number of rotatable bonds is 7. The van der Waals surface area contributed by atoms with E-state index in [4.69, 9.17) is 0 Å². The van der Waals surface area contributed by atoms with Crippen LogP contribution in [-0.4, -0.2) is 16.3 Å². The Morgan fingerprint density at radius 3 is 2.88 bits per heavy atom. The van der Waals surface area contributed by atoms with E-state index in [1.54, 1.807) is 0 Å². The first-order valence-electron chi connectivity index (χ1n) is 6.19. The summed E-state index contributed by atoms with van der Waals surface area (Å²) in [7, 11) is 0. The van der Waals surface area contributed by atoms with Gasteiger partial charge in [0.05, 0.1) is 11.4 Å². The zero-order valence-corrected chi connectivity index (χ0v) is 10.7. The molecule has 1 heterocycles. The molecule has 3 nitrogen and oxygen atoms in total. The van der Waals surface area contributed by atoms with Crippen LogP contribution < -0.4 is 5.32 Å². The summed E-state index contributed by atoms with van der Waals surface area (Å²) in [5, 5.41) is 7.96. The lowest BCUT2D eigenvalue weighted by Crippen LogP contribution is -2.17. The summed E-state index contributed by atoms with van der Waals surface area (Å²) in [6.45, 7) is 9.23. The van der Waals surface area contributed by atoms with Gasteiger partial charge in [-0.2, -0.15) is 5.10 Å². The smallest absolute Gasteiger partial charge is 0.0625 e. The van der Waals surface area contributed by atoms with Gasteiger partial charge in [0, 0.05) is 13.1 Å². The monoisotopic (exact) mass is 221 g/mol. The Labute approximate surface area is 98.5 Å². The molecule has 90 valence electrons. The lowest BCUT2D eigenvalue weighted by atomic mass is 10.3. The number of hydrogen-bond donors (Lipinski definition) is 1. The summed E-state index contributed by atoms with van der Waals surface area (Å²) >= 11 is 0. The van der Waals surface area contributed by atoms with E-state index < -0.39 is 0 Å². The van der Waals surface area contributed by atoms with Gasteiger partial charge in [-0.1, -0.05) is 19.1 Å². The Bertz CT molecular complexity index is 326. The summed E-state index contributed by atoms with van der Waals surface area (Å²) in [4.78, 5) is 0. The van der Waals surface area contributed by atoms with Gasteiger partial charge in [0.1, 0.15) is 0 Å². The molecule has 0 unspecified atom stereocenters. The molecule has 0 aliphatic heterocycles. The molecule has 0 aromatic carbocycles. The van der Waals surface area contributed by atoms with E-state index in [0.29, 0.717) is 0 Å². The predicted octanol–water partition coefficient (Wildman–Crippen LogP) is 2.52. The van der Waals surface area contributed by atoms with Gasteiger partial charge >= 0.3 is 0 Å². The van der Waals surface area contributed by atoms with Crippen LogP contribution in [0.2, 0.25) is 0 Å². The average Bonchev–Trinajstić information content (AvgIpc) is 2.71. The lowest BCUT2D eigenvalue weighted by Gasteiger charge is -2.05. The first-order chi connectivity index (χ1) is 7.81. The van der Waals surface area contributed by atoms with Gasteiger partial charge < -0.3 is 5.32 Å². The number of aryl methyl sites for hydroxylation is 2. The van der Waals surface area contributed by atoms with E-state index in [1.807, 2.05) is 0 Å². The van der Waals surface area contributed by atoms with Crippen LogP contribution in [0.4, 0.5) is 0 Å². The summed E-state index contributed by atoms with van der Waals surface area (Å²) in [6, 6.07) is 2.20. The normalized spacial score (nSPS) is 11.4. The van der Waals surface area contributed by atoms with E-state index >= 15 is 0 Å². The molecular formula is C13H23N3. The van der Waals surface area contributed by atoms with Crippen LogP contribution >= 0.6 is 0 Å². The summed E-state index contributed by atoms with van der Waals surface area (Å²) in [5.41, 5.74) is 2.48. The second-order valence-electron chi connectivity index (χ2n) is 3.83. The van der Waals surface area contributed by atoms with Crippen molar-refractivity contribution < 1.29 is 0 Å². The molecule has 1 aromatic rings. The van der Waals surface area contributed by atoms with Crippen molar-refractivity contribution in [2.24, 2.45) is 0 Å². The molecule has 0 fully saturated rings. The van der Waals surface area contributed by atoms with Crippen molar-refractivity contribution in [3.8, 4) is 0 Å². The van der Waals surface area contributed by atoms with E-state index in [2.05, 4.69) is 54.1 Å². The van der Waals surface area contributed by atoms with Crippen LogP contribution in [0.15, 0.2) is 18.2 Å². The SMILES string of the molecule is C/C=C/CCNCc1cc(CC)nn1CC. The molecule has 0 amide bonds. The summed E-state index contributed by atoms with van der Waals surface area (Å²) < 4.78 is 2.08. The Morgan fingerprint density at radius 2 is 2.25 bits per heavy atom. The maximum Gasteiger partial charge on any atom is 0.0625 e. The van der Waals surface area contributed by atoms with Crippen LogP contribution in [0.1, 0.15) is 38.6 Å². The molecule has 0 aliphatic rings. The van der Waals surface area contributed by atoms with Gasteiger partial charge in [-0.3, -0.25) is 4.68 Å². The van der Waals surface area contributed by atoms with Crippen molar-refractivity contribution in [1.82, 2.24) is 15.1 Å². The molecule has 1 N–H and O–H groups in total. The highest BCUT2D eigenvalue weighted by Crippen LogP contribution is 2.05. The van der Waals surface area contributed by atoms with Crippen LogP contribution in [0.3, 0.4) is 0 Å². The van der Waals surface area contributed by atoms with Gasteiger partial charge in [-0.05, 0) is 39.3 Å². The zero-order chi connectivity index (χ0) is 11.8. The molecule has 0 spiro atoms. The minimum Gasteiger partial charge on any atom is -0.311 e. The number of nitrogens with zero attached hydrogens (tertiary/aromatic N) is 2. The maximum atomic E-state index is 4.52. The second kappa shape index (κ2) is 7.23. The molecule has 1 rings (SSSR count). The molecule has 0 radical (unpaired) electrons. The van der Waals surface area contributed by atoms with Crippen molar-refractivity contribution in [1.29, 1.82) is 0 Å². The van der Waals surface area contributed by atoms with Crippen molar-refractivity contribution in [3.05, 3.63) is 29.6 Å². The number of allylic oxidation sites excluding steroid dienone is 1. The third-order valence-corrected chi connectivity index (χ3v) is 2.61. The van der Waals surface area contributed by atoms with E-state index in [0.717, 1.165) is 32.5 Å². The Hall–Kier alpha value is -1.09. The van der Waals surface area contributed by atoms with Crippen LogP contribution in [0, 0.1) is 0 Å². The van der Waals surface area contributed by atoms with Gasteiger partial charge in [0.15, 0.2) is 0 Å². The minimum absolute atomic E-state index is 0.915.